The van der Waals surface area contributed by atoms with Crippen molar-refractivity contribution in [2.24, 2.45) is 0 Å². The summed E-state index contributed by atoms with van der Waals surface area (Å²) in [5, 5.41) is 1.61. The number of fused-ring (bicyclic) bond motifs is 3. The summed E-state index contributed by atoms with van der Waals surface area (Å²) in [6, 6.07) is 21.3. The normalized spacial score (nSPS) is 12.3. The number of carbonyl (C=O) groups is 1. The second-order valence-corrected chi connectivity index (χ2v) is 8.22. The molecule has 1 aliphatic heterocycles. The van der Waals surface area contributed by atoms with E-state index in [0.29, 0.717) is 35.0 Å². The van der Waals surface area contributed by atoms with Gasteiger partial charge in [0.05, 0.1) is 34.0 Å². The van der Waals surface area contributed by atoms with Gasteiger partial charge in [0.25, 0.3) is 0 Å². The second-order valence-electron chi connectivity index (χ2n) is 8.22. The highest BCUT2D eigenvalue weighted by molar-refractivity contribution is 6.16. The van der Waals surface area contributed by atoms with E-state index in [2.05, 4.69) is 0 Å². The molecular weight excluding hydrogens is 456 g/mol. The molecule has 0 saturated carbocycles. The minimum absolute atomic E-state index is 0.350. The first-order valence-electron chi connectivity index (χ1n) is 11.5. The lowest BCUT2D eigenvalue weighted by Gasteiger charge is -2.26. The minimum Gasteiger partial charge on any atom is -0.497 e. The van der Waals surface area contributed by atoms with Gasteiger partial charge in [0.15, 0.2) is 11.5 Å². The summed E-state index contributed by atoms with van der Waals surface area (Å²) >= 11 is 0. The Morgan fingerprint density at radius 1 is 0.750 bits per heavy atom. The Morgan fingerprint density at radius 3 is 2.03 bits per heavy atom. The molecule has 0 fully saturated rings. The number of rotatable bonds is 6. The van der Waals surface area contributed by atoms with Gasteiger partial charge in [0.1, 0.15) is 18.1 Å². The molecule has 0 radical (unpaired) electrons. The predicted octanol–water partition coefficient (Wildman–Crippen LogP) is 6.14. The lowest BCUT2D eigenvalue weighted by atomic mass is 9.83. The van der Waals surface area contributed by atoms with Crippen molar-refractivity contribution in [3.8, 4) is 34.1 Å². The number of hydrogen-bond donors (Lipinski definition) is 0. The number of carbonyl (C=O) groups excluding carboxylic acids is 1. The van der Waals surface area contributed by atoms with E-state index in [1.54, 1.807) is 21.3 Å². The van der Waals surface area contributed by atoms with Crippen molar-refractivity contribution >= 4 is 22.3 Å². The molecule has 0 aromatic heterocycles. The van der Waals surface area contributed by atoms with Crippen LogP contribution in [0.5, 0.6) is 23.0 Å². The Hall–Kier alpha value is -4.45. The first-order valence-corrected chi connectivity index (χ1v) is 11.5. The number of methoxy groups -OCH3 is 4. The number of ether oxygens (including phenoxy) is 5. The molecule has 6 heteroatoms. The van der Waals surface area contributed by atoms with Crippen molar-refractivity contribution in [3.63, 3.8) is 0 Å². The molecule has 1 aliphatic rings. The fourth-order valence-electron chi connectivity index (χ4n) is 4.74. The van der Waals surface area contributed by atoms with Crippen LogP contribution in [0.25, 0.3) is 27.5 Å². The van der Waals surface area contributed by atoms with Crippen LogP contribution in [0.1, 0.15) is 21.5 Å². The Morgan fingerprint density at radius 2 is 1.42 bits per heavy atom. The summed E-state index contributed by atoms with van der Waals surface area (Å²) in [7, 11) is 6.21. The van der Waals surface area contributed by atoms with Crippen LogP contribution in [0.4, 0.5) is 0 Å². The third-order valence-corrected chi connectivity index (χ3v) is 6.40. The van der Waals surface area contributed by atoms with Crippen molar-refractivity contribution in [1.29, 1.82) is 0 Å². The van der Waals surface area contributed by atoms with Crippen LogP contribution in [0.2, 0.25) is 0 Å². The van der Waals surface area contributed by atoms with E-state index in [-0.39, 0.29) is 0 Å². The molecule has 1 heterocycles. The van der Waals surface area contributed by atoms with Gasteiger partial charge < -0.3 is 23.7 Å². The molecule has 0 aliphatic carbocycles. The van der Waals surface area contributed by atoms with Crippen LogP contribution in [0.3, 0.4) is 0 Å². The largest absolute Gasteiger partial charge is 0.497 e. The van der Waals surface area contributed by atoms with E-state index in [1.165, 1.54) is 7.11 Å². The Balaban J connectivity index is 1.94. The zero-order valence-corrected chi connectivity index (χ0v) is 20.6. The first-order chi connectivity index (χ1) is 17.6. The maximum Gasteiger partial charge on any atom is 0.339 e. The standard InChI is InChI=1S/C30H26O6/c1-32-20-12-10-18(11-13-20)21-14-15-36-29-23-17-25(34-3)24(33-2)16-22(23)26(19-8-6-5-7-9-19)28(27(21)29)30(31)35-4/h5-14,16-17H,15H2,1-4H3. The summed E-state index contributed by atoms with van der Waals surface area (Å²) < 4.78 is 28.1. The fraction of sp³-hybridized carbons (Fsp3) is 0.167. The van der Waals surface area contributed by atoms with Gasteiger partial charge in [-0.15, -0.1) is 0 Å². The Kier molecular flexibility index (Phi) is 6.25. The molecule has 0 unspecified atom stereocenters. The molecule has 5 rings (SSSR count). The highest BCUT2D eigenvalue weighted by Gasteiger charge is 2.31. The quantitative estimate of drug-likeness (QED) is 0.308. The molecule has 0 N–H and O–H groups in total. The second kappa shape index (κ2) is 9.66. The van der Waals surface area contributed by atoms with E-state index in [9.17, 15) is 4.79 Å². The van der Waals surface area contributed by atoms with Crippen LogP contribution < -0.4 is 18.9 Å². The number of hydrogen-bond acceptors (Lipinski definition) is 6. The van der Waals surface area contributed by atoms with Crippen LogP contribution in [0.15, 0.2) is 72.8 Å². The van der Waals surface area contributed by atoms with Crippen molar-refractivity contribution in [2.75, 3.05) is 35.0 Å². The summed E-state index contributed by atoms with van der Waals surface area (Å²) in [6.07, 6.45) is 1.98. The van der Waals surface area contributed by atoms with Crippen LogP contribution in [-0.2, 0) is 4.74 Å². The Labute approximate surface area is 209 Å². The minimum atomic E-state index is -0.452. The van der Waals surface area contributed by atoms with Crippen molar-refractivity contribution in [2.45, 2.75) is 0 Å². The van der Waals surface area contributed by atoms with E-state index >= 15 is 0 Å². The molecular formula is C30H26O6. The van der Waals surface area contributed by atoms with Crippen molar-refractivity contribution in [3.05, 3.63) is 89.5 Å². The summed E-state index contributed by atoms with van der Waals surface area (Å²) in [5.74, 6) is 2.02. The van der Waals surface area contributed by atoms with E-state index < -0.39 is 5.97 Å². The van der Waals surface area contributed by atoms with E-state index in [4.69, 9.17) is 23.7 Å². The third-order valence-electron chi connectivity index (χ3n) is 6.40. The molecule has 0 amide bonds. The van der Waals surface area contributed by atoms with Gasteiger partial charge in [-0.25, -0.2) is 4.79 Å². The van der Waals surface area contributed by atoms with Gasteiger partial charge in [-0.2, -0.15) is 0 Å². The topological polar surface area (TPSA) is 63.2 Å². The van der Waals surface area contributed by atoms with Gasteiger partial charge in [-0.3, -0.25) is 0 Å². The zero-order valence-electron chi connectivity index (χ0n) is 20.6. The van der Waals surface area contributed by atoms with Gasteiger partial charge in [0, 0.05) is 16.5 Å². The van der Waals surface area contributed by atoms with Gasteiger partial charge in [0.2, 0.25) is 0 Å². The number of esters is 1. The van der Waals surface area contributed by atoms with Crippen molar-refractivity contribution < 1.29 is 28.5 Å². The first kappa shape index (κ1) is 23.3. The summed E-state index contributed by atoms with van der Waals surface area (Å²) in [5.41, 5.74) is 4.54. The molecule has 182 valence electrons. The molecule has 0 bridgehead atoms. The highest BCUT2D eigenvalue weighted by Crippen LogP contribution is 2.50. The van der Waals surface area contributed by atoms with Crippen LogP contribution in [-0.4, -0.2) is 41.0 Å². The van der Waals surface area contributed by atoms with Gasteiger partial charge in [-0.05, 0) is 52.4 Å². The molecule has 6 nitrogen and oxygen atoms in total. The lowest BCUT2D eigenvalue weighted by molar-refractivity contribution is 0.0601. The maximum absolute atomic E-state index is 13.5. The fourth-order valence-corrected chi connectivity index (χ4v) is 4.74. The van der Waals surface area contributed by atoms with Crippen LogP contribution >= 0.6 is 0 Å². The average molecular weight is 483 g/mol. The molecule has 4 aromatic rings. The summed E-state index contributed by atoms with van der Waals surface area (Å²) in [4.78, 5) is 13.5. The van der Waals surface area contributed by atoms with E-state index in [0.717, 1.165) is 38.8 Å². The van der Waals surface area contributed by atoms with Crippen LogP contribution in [0, 0.1) is 0 Å². The molecule has 0 saturated heterocycles. The third kappa shape index (κ3) is 3.81. The molecule has 36 heavy (non-hydrogen) atoms. The SMILES string of the molecule is COC(=O)c1c2c(c3cc(OC)c(OC)cc3c1-c1ccccc1)OCC=C2c1ccc(OC)cc1. The monoisotopic (exact) mass is 482 g/mol. The lowest BCUT2D eigenvalue weighted by Crippen LogP contribution is -2.15. The summed E-state index contributed by atoms with van der Waals surface area (Å²) in [6.45, 7) is 0.350. The molecule has 4 aromatic carbocycles. The predicted molar refractivity (Wildman–Crippen MR) is 139 cm³/mol. The van der Waals surface area contributed by atoms with E-state index in [1.807, 2.05) is 72.8 Å². The van der Waals surface area contributed by atoms with Gasteiger partial charge >= 0.3 is 5.97 Å². The average Bonchev–Trinajstić information content (AvgIpc) is 2.95. The zero-order chi connectivity index (χ0) is 25.2. The Bertz CT molecular complexity index is 1470. The van der Waals surface area contributed by atoms with Gasteiger partial charge in [-0.1, -0.05) is 42.5 Å². The molecule has 0 atom stereocenters. The smallest absolute Gasteiger partial charge is 0.339 e. The van der Waals surface area contributed by atoms with Crippen molar-refractivity contribution in [1.82, 2.24) is 0 Å². The maximum atomic E-state index is 13.5. The number of benzene rings is 4. The molecule has 0 spiro atoms. The highest BCUT2D eigenvalue weighted by atomic mass is 16.5.